The summed E-state index contributed by atoms with van der Waals surface area (Å²) in [5, 5.41) is 15.5. The molecule has 8 heteroatoms. The van der Waals surface area contributed by atoms with E-state index in [0.29, 0.717) is 6.54 Å². The van der Waals surface area contributed by atoms with Crippen molar-refractivity contribution in [3.05, 3.63) is 66.1 Å². The summed E-state index contributed by atoms with van der Waals surface area (Å²) in [5.41, 5.74) is 4.43. The SMILES string of the molecule is CN(CCCCCc1cc(-c2ccc(F)cc2)n[nH]1)C(=O)Cn1nnc2ccccc21. The summed E-state index contributed by atoms with van der Waals surface area (Å²) in [6, 6.07) is 16.0. The molecule has 0 bridgehead atoms. The van der Waals surface area contributed by atoms with Crippen LogP contribution in [0.3, 0.4) is 0 Å². The van der Waals surface area contributed by atoms with E-state index in [0.717, 1.165) is 53.7 Å². The molecule has 0 radical (unpaired) electrons. The first kappa shape index (κ1) is 20.7. The molecule has 0 saturated carbocycles. The number of rotatable bonds is 9. The standard InChI is InChI=1S/C23H25FN6O/c1-29(23(31)16-30-22-9-5-4-8-20(22)27-28-30)14-6-2-3-7-19-15-21(26-25-19)17-10-12-18(24)13-11-17/h4-5,8-13,15H,2-3,6-7,14,16H2,1H3,(H,25,26). The molecule has 7 nitrogen and oxygen atoms in total. The maximum absolute atomic E-state index is 13.0. The minimum atomic E-state index is -0.252. The number of likely N-dealkylation sites (N-methyl/N-ethyl adjacent to an activating group) is 1. The van der Waals surface area contributed by atoms with Gasteiger partial charge in [-0.2, -0.15) is 5.10 Å². The zero-order valence-corrected chi connectivity index (χ0v) is 17.5. The quantitative estimate of drug-likeness (QED) is 0.417. The fourth-order valence-electron chi connectivity index (χ4n) is 3.51. The Bertz CT molecular complexity index is 1150. The third kappa shape index (κ3) is 5.14. The van der Waals surface area contributed by atoms with E-state index in [1.54, 1.807) is 21.7 Å². The number of unbranched alkanes of at least 4 members (excludes halogenated alkanes) is 2. The minimum absolute atomic E-state index is 0.0214. The molecule has 2 aromatic carbocycles. The lowest BCUT2D eigenvalue weighted by molar-refractivity contribution is -0.130. The first-order chi connectivity index (χ1) is 15.1. The molecule has 0 atom stereocenters. The number of amides is 1. The number of aromatic amines is 1. The zero-order chi connectivity index (χ0) is 21.6. The van der Waals surface area contributed by atoms with Crippen LogP contribution in [0.5, 0.6) is 0 Å². The van der Waals surface area contributed by atoms with Crippen LogP contribution in [0.15, 0.2) is 54.6 Å². The summed E-state index contributed by atoms with van der Waals surface area (Å²) in [5.74, 6) is -0.231. The van der Waals surface area contributed by atoms with Crippen LogP contribution in [0.4, 0.5) is 4.39 Å². The molecule has 160 valence electrons. The smallest absolute Gasteiger partial charge is 0.244 e. The van der Waals surface area contributed by atoms with Crippen molar-refractivity contribution < 1.29 is 9.18 Å². The summed E-state index contributed by atoms with van der Waals surface area (Å²) in [4.78, 5) is 14.2. The average molecular weight is 420 g/mol. The maximum atomic E-state index is 13.0. The third-order valence-electron chi connectivity index (χ3n) is 5.34. The van der Waals surface area contributed by atoms with Gasteiger partial charge in [0.25, 0.3) is 0 Å². The monoisotopic (exact) mass is 420 g/mol. The van der Waals surface area contributed by atoms with Crippen molar-refractivity contribution in [1.29, 1.82) is 0 Å². The number of nitrogens with zero attached hydrogens (tertiary/aromatic N) is 5. The van der Waals surface area contributed by atoms with Gasteiger partial charge < -0.3 is 4.90 Å². The highest BCUT2D eigenvalue weighted by Gasteiger charge is 2.12. The second-order valence-electron chi connectivity index (χ2n) is 7.65. The van der Waals surface area contributed by atoms with E-state index in [1.807, 2.05) is 37.4 Å². The van der Waals surface area contributed by atoms with Gasteiger partial charge in [-0.15, -0.1) is 5.10 Å². The Morgan fingerprint density at radius 2 is 1.90 bits per heavy atom. The fourth-order valence-corrected chi connectivity index (χ4v) is 3.51. The first-order valence-electron chi connectivity index (χ1n) is 10.4. The van der Waals surface area contributed by atoms with Crippen molar-refractivity contribution in [3.63, 3.8) is 0 Å². The van der Waals surface area contributed by atoms with E-state index in [-0.39, 0.29) is 18.3 Å². The lowest BCUT2D eigenvalue weighted by atomic mass is 10.1. The Morgan fingerprint density at radius 1 is 1.10 bits per heavy atom. The van der Waals surface area contributed by atoms with Crippen LogP contribution in [0.1, 0.15) is 25.0 Å². The maximum Gasteiger partial charge on any atom is 0.244 e. The number of nitrogens with one attached hydrogen (secondary N) is 1. The molecule has 0 aliphatic rings. The van der Waals surface area contributed by atoms with Crippen LogP contribution in [-0.4, -0.2) is 49.6 Å². The van der Waals surface area contributed by atoms with Gasteiger partial charge >= 0.3 is 0 Å². The molecule has 0 fully saturated rings. The van der Waals surface area contributed by atoms with Gasteiger partial charge in [0.05, 0.1) is 11.2 Å². The summed E-state index contributed by atoms with van der Waals surface area (Å²) >= 11 is 0. The number of hydrogen-bond acceptors (Lipinski definition) is 4. The molecule has 31 heavy (non-hydrogen) atoms. The summed E-state index contributed by atoms with van der Waals surface area (Å²) in [6.07, 6.45) is 3.83. The van der Waals surface area contributed by atoms with Gasteiger partial charge in [-0.05, 0) is 61.7 Å². The van der Waals surface area contributed by atoms with Crippen molar-refractivity contribution in [2.24, 2.45) is 0 Å². The van der Waals surface area contributed by atoms with E-state index < -0.39 is 0 Å². The molecule has 1 amide bonds. The number of H-pyrrole nitrogens is 1. The minimum Gasteiger partial charge on any atom is -0.344 e. The van der Waals surface area contributed by atoms with E-state index in [2.05, 4.69) is 20.5 Å². The average Bonchev–Trinajstić information content (AvgIpc) is 3.41. The summed E-state index contributed by atoms with van der Waals surface area (Å²) < 4.78 is 14.7. The Balaban J connectivity index is 1.18. The molecule has 4 rings (SSSR count). The van der Waals surface area contributed by atoms with Gasteiger partial charge in [-0.25, -0.2) is 9.07 Å². The molecular weight excluding hydrogens is 395 g/mol. The lowest BCUT2D eigenvalue weighted by Crippen LogP contribution is -2.31. The molecule has 1 N–H and O–H groups in total. The molecule has 0 aliphatic heterocycles. The van der Waals surface area contributed by atoms with Gasteiger partial charge in [0, 0.05) is 24.8 Å². The van der Waals surface area contributed by atoms with Crippen molar-refractivity contribution in [1.82, 2.24) is 30.1 Å². The molecule has 2 heterocycles. The van der Waals surface area contributed by atoms with Crippen LogP contribution in [-0.2, 0) is 17.8 Å². The summed E-state index contributed by atoms with van der Waals surface area (Å²) in [7, 11) is 1.82. The number of carbonyl (C=O) groups is 1. The Labute approximate surface area is 179 Å². The molecule has 0 saturated heterocycles. The van der Waals surface area contributed by atoms with Gasteiger partial charge in [0.2, 0.25) is 5.91 Å². The van der Waals surface area contributed by atoms with Crippen LogP contribution in [0.25, 0.3) is 22.3 Å². The Morgan fingerprint density at radius 3 is 2.74 bits per heavy atom. The zero-order valence-electron chi connectivity index (χ0n) is 17.5. The summed E-state index contributed by atoms with van der Waals surface area (Å²) in [6.45, 7) is 0.895. The Kier molecular flexibility index (Phi) is 6.35. The Hall–Kier alpha value is -3.55. The third-order valence-corrected chi connectivity index (χ3v) is 5.34. The van der Waals surface area contributed by atoms with Crippen molar-refractivity contribution in [2.45, 2.75) is 32.2 Å². The van der Waals surface area contributed by atoms with Crippen LogP contribution < -0.4 is 0 Å². The number of para-hydroxylation sites is 1. The second kappa shape index (κ2) is 9.51. The predicted molar refractivity (Wildman–Crippen MR) is 117 cm³/mol. The number of carbonyl (C=O) groups excluding carboxylic acids is 1. The number of hydrogen-bond donors (Lipinski definition) is 1. The van der Waals surface area contributed by atoms with Gasteiger partial charge in [0.1, 0.15) is 17.9 Å². The highest BCUT2D eigenvalue weighted by atomic mass is 19.1. The lowest BCUT2D eigenvalue weighted by Gasteiger charge is -2.17. The van der Waals surface area contributed by atoms with Crippen LogP contribution >= 0.6 is 0 Å². The molecule has 0 unspecified atom stereocenters. The van der Waals surface area contributed by atoms with E-state index in [4.69, 9.17) is 0 Å². The normalized spacial score (nSPS) is 11.2. The van der Waals surface area contributed by atoms with Crippen LogP contribution in [0, 0.1) is 5.82 Å². The van der Waals surface area contributed by atoms with Gasteiger partial charge in [0.15, 0.2) is 0 Å². The van der Waals surface area contributed by atoms with Crippen LogP contribution in [0.2, 0.25) is 0 Å². The van der Waals surface area contributed by atoms with Gasteiger partial charge in [-0.1, -0.05) is 23.8 Å². The van der Waals surface area contributed by atoms with Crippen molar-refractivity contribution >= 4 is 16.9 Å². The molecule has 0 spiro atoms. The highest BCUT2D eigenvalue weighted by Crippen LogP contribution is 2.19. The van der Waals surface area contributed by atoms with E-state index in [9.17, 15) is 9.18 Å². The van der Waals surface area contributed by atoms with Gasteiger partial charge in [-0.3, -0.25) is 9.89 Å². The molecule has 4 aromatic rings. The number of halogens is 1. The second-order valence-corrected chi connectivity index (χ2v) is 7.65. The fraction of sp³-hybridized carbons (Fsp3) is 0.304. The highest BCUT2D eigenvalue weighted by molar-refractivity contribution is 5.79. The van der Waals surface area contributed by atoms with E-state index >= 15 is 0 Å². The van der Waals surface area contributed by atoms with Crippen molar-refractivity contribution in [3.8, 4) is 11.3 Å². The number of benzene rings is 2. The molecule has 0 aliphatic carbocycles. The largest absolute Gasteiger partial charge is 0.344 e. The number of aryl methyl sites for hydroxylation is 1. The number of fused-ring (bicyclic) bond motifs is 1. The molecular formula is C23H25FN6O. The topological polar surface area (TPSA) is 79.7 Å². The van der Waals surface area contributed by atoms with E-state index in [1.165, 1.54) is 12.1 Å². The first-order valence-corrected chi connectivity index (χ1v) is 10.4. The van der Waals surface area contributed by atoms with Crippen molar-refractivity contribution in [2.75, 3.05) is 13.6 Å². The molecule has 2 aromatic heterocycles. The predicted octanol–water partition coefficient (Wildman–Crippen LogP) is 3.83. The number of aromatic nitrogens is 5.